The molecule has 0 aromatic carbocycles. The van der Waals surface area contributed by atoms with Gasteiger partial charge in [-0.3, -0.25) is 4.90 Å². The smallest absolute Gasteiger partial charge is 0.182 e. The number of rotatable bonds is 3. The second-order valence-corrected chi connectivity index (χ2v) is 4.63. The quantitative estimate of drug-likeness (QED) is 0.806. The molecule has 0 radical (unpaired) electrons. The summed E-state index contributed by atoms with van der Waals surface area (Å²) in [5.74, 6) is 0. The van der Waals surface area contributed by atoms with Crippen molar-refractivity contribution in [2.45, 2.75) is 13.0 Å². The molecule has 1 aliphatic rings. The van der Waals surface area contributed by atoms with Gasteiger partial charge in [-0.2, -0.15) is 0 Å². The minimum absolute atomic E-state index is 0.986. The van der Waals surface area contributed by atoms with Gasteiger partial charge in [0.2, 0.25) is 0 Å². The van der Waals surface area contributed by atoms with Gasteiger partial charge in [-0.1, -0.05) is 0 Å². The summed E-state index contributed by atoms with van der Waals surface area (Å²) in [6, 6.07) is 0. The monoisotopic (exact) mass is 226 g/mol. The Balaban J connectivity index is 1.89. The molecule has 0 aliphatic carbocycles. The van der Waals surface area contributed by atoms with Crippen LogP contribution in [-0.2, 0) is 6.54 Å². The zero-order valence-electron chi connectivity index (χ0n) is 9.12. The lowest BCUT2D eigenvalue weighted by Crippen LogP contribution is -2.27. The lowest BCUT2D eigenvalue weighted by molar-refractivity contribution is 0.281. The average Bonchev–Trinajstić information content (AvgIpc) is 2.54. The standard InChI is InChI=1S/C10H18N4S/c1-11-10-13-9(8-15-10)7-14-5-2-3-12-4-6-14/h8,12H,2-7H2,1H3,(H,11,13). The molecule has 2 N–H and O–H groups in total. The van der Waals surface area contributed by atoms with E-state index in [9.17, 15) is 0 Å². The molecule has 15 heavy (non-hydrogen) atoms. The Kier molecular flexibility index (Phi) is 3.94. The predicted octanol–water partition coefficient (Wildman–Crippen LogP) is 0.980. The molecule has 1 aromatic heterocycles. The van der Waals surface area contributed by atoms with Crippen LogP contribution in [0.5, 0.6) is 0 Å². The highest BCUT2D eigenvalue weighted by Gasteiger charge is 2.10. The number of hydrogen-bond donors (Lipinski definition) is 2. The molecule has 1 aliphatic heterocycles. The number of thiazole rings is 1. The molecule has 0 atom stereocenters. The van der Waals surface area contributed by atoms with E-state index < -0.39 is 0 Å². The number of nitrogens with zero attached hydrogens (tertiary/aromatic N) is 2. The highest BCUT2D eigenvalue weighted by molar-refractivity contribution is 7.13. The van der Waals surface area contributed by atoms with E-state index in [0.717, 1.165) is 31.3 Å². The molecule has 0 unspecified atom stereocenters. The first-order chi connectivity index (χ1) is 7.38. The Morgan fingerprint density at radius 3 is 3.27 bits per heavy atom. The maximum Gasteiger partial charge on any atom is 0.182 e. The predicted molar refractivity (Wildman–Crippen MR) is 64.4 cm³/mol. The summed E-state index contributed by atoms with van der Waals surface area (Å²) < 4.78 is 0. The lowest BCUT2D eigenvalue weighted by atomic mass is 10.3. The van der Waals surface area contributed by atoms with E-state index in [0.29, 0.717) is 0 Å². The van der Waals surface area contributed by atoms with Gasteiger partial charge in [-0.05, 0) is 19.5 Å². The molecule has 1 aromatic rings. The molecule has 0 amide bonds. The molecule has 2 heterocycles. The van der Waals surface area contributed by atoms with Crippen molar-refractivity contribution < 1.29 is 0 Å². The van der Waals surface area contributed by atoms with Crippen molar-refractivity contribution in [3.8, 4) is 0 Å². The van der Waals surface area contributed by atoms with Gasteiger partial charge in [0.05, 0.1) is 5.69 Å². The van der Waals surface area contributed by atoms with Crippen molar-refractivity contribution >= 4 is 16.5 Å². The van der Waals surface area contributed by atoms with Crippen molar-refractivity contribution in [2.75, 3.05) is 38.5 Å². The van der Waals surface area contributed by atoms with Crippen LogP contribution in [0.4, 0.5) is 5.13 Å². The summed E-state index contributed by atoms with van der Waals surface area (Å²) >= 11 is 1.68. The highest BCUT2D eigenvalue weighted by Crippen LogP contribution is 2.16. The fourth-order valence-corrected chi connectivity index (χ4v) is 2.45. The van der Waals surface area contributed by atoms with Crippen LogP contribution in [0.1, 0.15) is 12.1 Å². The fourth-order valence-electron chi connectivity index (χ4n) is 1.78. The summed E-state index contributed by atoms with van der Waals surface area (Å²) in [5, 5.41) is 9.64. The normalized spacial score (nSPS) is 18.7. The van der Waals surface area contributed by atoms with Crippen molar-refractivity contribution in [3.05, 3.63) is 11.1 Å². The van der Waals surface area contributed by atoms with Gasteiger partial charge >= 0.3 is 0 Å². The summed E-state index contributed by atoms with van der Waals surface area (Å²) in [5.41, 5.74) is 1.19. The van der Waals surface area contributed by atoms with Crippen LogP contribution in [0.25, 0.3) is 0 Å². The van der Waals surface area contributed by atoms with E-state index >= 15 is 0 Å². The topological polar surface area (TPSA) is 40.2 Å². The summed E-state index contributed by atoms with van der Waals surface area (Å²) in [4.78, 5) is 6.97. The van der Waals surface area contributed by atoms with Crippen LogP contribution >= 0.6 is 11.3 Å². The third-order valence-corrected chi connectivity index (χ3v) is 3.49. The molecule has 0 bridgehead atoms. The molecule has 2 rings (SSSR count). The molecule has 0 saturated carbocycles. The second-order valence-electron chi connectivity index (χ2n) is 3.77. The zero-order valence-corrected chi connectivity index (χ0v) is 9.94. The Morgan fingerprint density at radius 2 is 2.47 bits per heavy atom. The molecule has 4 nitrogen and oxygen atoms in total. The van der Waals surface area contributed by atoms with Crippen molar-refractivity contribution in [1.82, 2.24) is 15.2 Å². The second kappa shape index (κ2) is 5.44. The van der Waals surface area contributed by atoms with E-state index in [-0.39, 0.29) is 0 Å². The summed E-state index contributed by atoms with van der Waals surface area (Å²) in [7, 11) is 1.92. The first-order valence-electron chi connectivity index (χ1n) is 5.44. The highest BCUT2D eigenvalue weighted by atomic mass is 32.1. The maximum absolute atomic E-state index is 4.50. The molecule has 1 saturated heterocycles. The van der Waals surface area contributed by atoms with Crippen LogP contribution in [0.15, 0.2) is 5.38 Å². The zero-order chi connectivity index (χ0) is 10.5. The summed E-state index contributed by atoms with van der Waals surface area (Å²) in [6.45, 7) is 5.55. The fraction of sp³-hybridized carbons (Fsp3) is 0.700. The van der Waals surface area contributed by atoms with Gasteiger partial charge in [0.15, 0.2) is 5.13 Å². The van der Waals surface area contributed by atoms with Gasteiger partial charge in [-0.15, -0.1) is 11.3 Å². The molecule has 1 fully saturated rings. The Morgan fingerprint density at radius 1 is 1.53 bits per heavy atom. The number of hydrogen-bond acceptors (Lipinski definition) is 5. The van der Waals surface area contributed by atoms with Crippen LogP contribution in [0.2, 0.25) is 0 Å². The van der Waals surface area contributed by atoms with E-state index in [1.165, 1.54) is 18.7 Å². The molecular weight excluding hydrogens is 208 g/mol. The van der Waals surface area contributed by atoms with Crippen LogP contribution in [0.3, 0.4) is 0 Å². The minimum atomic E-state index is 0.986. The Hall–Kier alpha value is -0.650. The molecule has 5 heteroatoms. The third kappa shape index (κ3) is 3.15. The van der Waals surface area contributed by atoms with E-state index in [4.69, 9.17) is 0 Å². The number of aromatic nitrogens is 1. The average molecular weight is 226 g/mol. The molecular formula is C10H18N4S. The van der Waals surface area contributed by atoms with Crippen LogP contribution in [0, 0.1) is 0 Å². The lowest BCUT2D eigenvalue weighted by Gasteiger charge is -2.17. The SMILES string of the molecule is CNc1nc(CN2CCCNCC2)cs1. The van der Waals surface area contributed by atoms with Gasteiger partial charge in [0, 0.05) is 32.1 Å². The van der Waals surface area contributed by atoms with E-state index in [1.54, 1.807) is 11.3 Å². The van der Waals surface area contributed by atoms with Gasteiger partial charge < -0.3 is 10.6 Å². The van der Waals surface area contributed by atoms with Crippen LogP contribution in [-0.4, -0.2) is 43.1 Å². The molecule has 84 valence electrons. The molecule has 0 spiro atoms. The first kappa shape index (κ1) is 10.9. The first-order valence-corrected chi connectivity index (χ1v) is 6.31. The van der Waals surface area contributed by atoms with E-state index in [1.807, 2.05) is 7.05 Å². The van der Waals surface area contributed by atoms with Crippen LogP contribution < -0.4 is 10.6 Å². The Labute approximate surface area is 94.7 Å². The van der Waals surface area contributed by atoms with E-state index in [2.05, 4.69) is 25.9 Å². The van der Waals surface area contributed by atoms with Crippen molar-refractivity contribution in [3.63, 3.8) is 0 Å². The van der Waals surface area contributed by atoms with Gasteiger partial charge in [0.25, 0.3) is 0 Å². The minimum Gasteiger partial charge on any atom is -0.365 e. The number of nitrogens with one attached hydrogen (secondary N) is 2. The number of anilines is 1. The largest absolute Gasteiger partial charge is 0.365 e. The van der Waals surface area contributed by atoms with Crippen molar-refractivity contribution in [2.24, 2.45) is 0 Å². The maximum atomic E-state index is 4.50. The Bertz CT molecular complexity index is 291. The third-order valence-electron chi connectivity index (χ3n) is 2.58. The van der Waals surface area contributed by atoms with Crippen molar-refractivity contribution in [1.29, 1.82) is 0 Å². The van der Waals surface area contributed by atoms with Gasteiger partial charge in [0.1, 0.15) is 0 Å². The summed E-state index contributed by atoms with van der Waals surface area (Å²) in [6.07, 6.45) is 1.24. The van der Waals surface area contributed by atoms with Gasteiger partial charge in [-0.25, -0.2) is 4.98 Å².